The summed E-state index contributed by atoms with van der Waals surface area (Å²) in [5, 5.41) is 15.4. The number of carbonyl (C=O) groups is 1. The zero-order valence-corrected chi connectivity index (χ0v) is 9.21. The molecule has 2 aromatic rings. The van der Waals surface area contributed by atoms with Gasteiger partial charge in [-0.3, -0.25) is 4.79 Å². The van der Waals surface area contributed by atoms with Crippen LogP contribution in [0.5, 0.6) is 11.5 Å². The summed E-state index contributed by atoms with van der Waals surface area (Å²) in [6.07, 6.45) is 0. The highest BCUT2D eigenvalue weighted by molar-refractivity contribution is 5.89. The number of carbonyl (C=O) groups excluding carboxylic acids is 1. The fourth-order valence-corrected chi connectivity index (χ4v) is 1.57. The Bertz CT molecular complexity index is 569. The fraction of sp³-hybridized carbons (Fsp3) is 0.200. The van der Waals surface area contributed by atoms with Crippen molar-refractivity contribution in [1.29, 1.82) is 0 Å². The SMILES string of the molecule is O=C(NCc1ccc2c(c1)OCO2)c1nn[nH]n1. The Labute approximate surface area is 101 Å². The van der Waals surface area contributed by atoms with E-state index < -0.39 is 0 Å². The molecule has 8 nitrogen and oxygen atoms in total. The van der Waals surface area contributed by atoms with Gasteiger partial charge in [0.05, 0.1) is 0 Å². The first kappa shape index (κ1) is 10.5. The summed E-state index contributed by atoms with van der Waals surface area (Å²) < 4.78 is 10.4. The number of nitrogens with zero attached hydrogens (tertiary/aromatic N) is 3. The van der Waals surface area contributed by atoms with Crippen LogP contribution in [0.15, 0.2) is 18.2 Å². The Morgan fingerprint density at radius 1 is 1.39 bits per heavy atom. The number of amides is 1. The summed E-state index contributed by atoms with van der Waals surface area (Å²) >= 11 is 0. The topological polar surface area (TPSA) is 102 Å². The number of fused-ring (bicyclic) bond motifs is 1. The first-order chi connectivity index (χ1) is 8.83. The Morgan fingerprint density at radius 3 is 3.11 bits per heavy atom. The highest BCUT2D eigenvalue weighted by Gasteiger charge is 2.14. The molecule has 0 radical (unpaired) electrons. The molecule has 0 atom stereocenters. The van der Waals surface area contributed by atoms with Gasteiger partial charge in [0.1, 0.15) is 0 Å². The molecule has 0 unspecified atom stereocenters. The third kappa shape index (κ3) is 1.95. The number of rotatable bonds is 3. The number of aromatic nitrogens is 4. The van der Waals surface area contributed by atoms with Gasteiger partial charge < -0.3 is 14.8 Å². The molecular weight excluding hydrogens is 238 g/mol. The van der Waals surface area contributed by atoms with Gasteiger partial charge in [-0.1, -0.05) is 6.07 Å². The Hall–Kier alpha value is -2.64. The summed E-state index contributed by atoms with van der Waals surface area (Å²) in [7, 11) is 0. The van der Waals surface area contributed by atoms with Crippen molar-refractivity contribution in [3.63, 3.8) is 0 Å². The molecule has 3 rings (SSSR count). The van der Waals surface area contributed by atoms with Gasteiger partial charge in [-0.05, 0) is 22.9 Å². The van der Waals surface area contributed by atoms with E-state index in [2.05, 4.69) is 25.9 Å². The Balaban J connectivity index is 1.65. The van der Waals surface area contributed by atoms with Gasteiger partial charge >= 0.3 is 0 Å². The minimum atomic E-state index is -0.388. The lowest BCUT2D eigenvalue weighted by Gasteiger charge is -2.03. The van der Waals surface area contributed by atoms with Gasteiger partial charge in [-0.2, -0.15) is 5.21 Å². The maximum Gasteiger partial charge on any atom is 0.293 e. The van der Waals surface area contributed by atoms with E-state index in [0.717, 1.165) is 5.56 Å². The van der Waals surface area contributed by atoms with Gasteiger partial charge in [0.25, 0.3) is 11.7 Å². The Kier molecular flexibility index (Phi) is 2.52. The van der Waals surface area contributed by atoms with Crippen LogP contribution in [0.4, 0.5) is 0 Å². The lowest BCUT2D eigenvalue weighted by atomic mass is 10.2. The lowest BCUT2D eigenvalue weighted by Crippen LogP contribution is -2.24. The highest BCUT2D eigenvalue weighted by Crippen LogP contribution is 2.32. The van der Waals surface area contributed by atoms with Crippen LogP contribution in [-0.4, -0.2) is 33.3 Å². The van der Waals surface area contributed by atoms with Gasteiger partial charge in [-0.15, -0.1) is 10.2 Å². The smallest absolute Gasteiger partial charge is 0.293 e. The van der Waals surface area contributed by atoms with Gasteiger partial charge in [0, 0.05) is 6.54 Å². The van der Waals surface area contributed by atoms with Crippen LogP contribution >= 0.6 is 0 Å². The minimum absolute atomic E-state index is 0.00995. The number of tetrazole rings is 1. The summed E-state index contributed by atoms with van der Waals surface area (Å²) in [4.78, 5) is 11.6. The van der Waals surface area contributed by atoms with Crippen molar-refractivity contribution < 1.29 is 14.3 Å². The van der Waals surface area contributed by atoms with Gasteiger partial charge in [-0.25, -0.2) is 0 Å². The number of hydrogen-bond donors (Lipinski definition) is 2. The van der Waals surface area contributed by atoms with Crippen LogP contribution in [-0.2, 0) is 6.54 Å². The molecule has 92 valence electrons. The molecule has 0 bridgehead atoms. The molecule has 0 saturated carbocycles. The first-order valence-corrected chi connectivity index (χ1v) is 5.23. The van der Waals surface area contributed by atoms with Crippen LogP contribution in [0.2, 0.25) is 0 Å². The molecule has 1 aliphatic rings. The van der Waals surface area contributed by atoms with Crippen molar-refractivity contribution >= 4 is 5.91 Å². The standard InChI is InChI=1S/C10H9N5O3/c16-10(9-12-14-15-13-9)11-4-6-1-2-7-8(3-6)18-5-17-7/h1-3H,4-5H2,(H,11,16)(H,12,13,14,15). The van der Waals surface area contributed by atoms with E-state index in [1.807, 2.05) is 12.1 Å². The molecule has 0 saturated heterocycles. The molecule has 1 amide bonds. The molecule has 0 fully saturated rings. The zero-order chi connectivity index (χ0) is 12.4. The second kappa shape index (κ2) is 4.32. The first-order valence-electron chi connectivity index (χ1n) is 5.23. The minimum Gasteiger partial charge on any atom is -0.454 e. The monoisotopic (exact) mass is 247 g/mol. The molecule has 1 aliphatic heterocycles. The number of hydrogen-bond acceptors (Lipinski definition) is 6. The largest absolute Gasteiger partial charge is 0.454 e. The van der Waals surface area contributed by atoms with Crippen molar-refractivity contribution in [2.45, 2.75) is 6.54 Å². The van der Waals surface area contributed by atoms with Crippen molar-refractivity contribution in [3.05, 3.63) is 29.6 Å². The van der Waals surface area contributed by atoms with Crippen LogP contribution in [0.3, 0.4) is 0 Å². The number of ether oxygens (including phenoxy) is 2. The van der Waals surface area contributed by atoms with Crippen LogP contribution in [0.25, 0.3) is 0 Å². The van der Waals surface area contributed by atoms with E-state index in [1.54, 1.807) is 6.07 Å². The second-order valence-corrected chi connectivity index (χ2v) is 3.61. The number of nitrogens with one attached hydrogen (secondary N) is 2. The fourth-order valence-electron chi connectivity index (χ4n) is 1.57. The molecule has 0 aliphatic carbocycles. The second-order valence-electron chi connectivity index (χ2n) is 3.61. The van der Waals surface area contributed by atoms with Crippen molar-refractivity contribution in [3.8, 4) is 11.5 Å². The van der Waals surface area contributed by atoms with Crippen LogP contribution in [0.1, 0.15) is 16.2 Å². The van der Waals surface area contributed by atoms with E-state index in [4.69, 9.17) is 9.47 Å². The van der Waals surface area contributed by atoms with E-state index in [0.29, 0.717) is 18.0 Å². The Morgan fingerprint density at radius 2 is 2.28 bits per heavy atom. The molecule has 1 aromatic carbocycles. The average molecular weight is 247 g/mol. The highest BCUT2D eigenvalue weighted by atomic mass is 16.7. The number of aromatic amines is 1. The normalized spacial score (nSPS) is 12.4. The molecule has 2 N–H and O–H groups in total. The summed E-state index contributed by atoms with van der Waals surface area (Å²) in [6.45, 7) is 0.581. The summed E-state index contributed by atoms with van der Waals surface area (Å²) in [6, 6.07) is 5.47. The van der Waals surface area contributed by atoms with E-state index in [9.17, 15) is 4.79 Å². The number of H-pyrrole nitrogens is 1. The molecule has 2 heterocycles. The third-order valence-corrected chi connectivity index (χ3v) is 2.44. The maximum atomic E-state index is 11.6. The molecule has 8 heteroatoms. The van der Waals surface area contributed by atoms with Crippen molar-refractivity contribution in [2.75, 3.05) is 6.79 Å². The maximum absolute atomic E-state index is 11.6. The van der Waals surface area contributed by atoms with Crippen molar-refractivity contribution in [1.82, 2.24) is 25.9 Å². The molecule has 0 spiro atoms. The zero-order valence-electron chi connectivity index (χ0n) is 9.21. The average Bonchev–Trinajstić information content (AvgIpc) is 3.05. The van der Waals surface area contributed by atoms with E-state index >= 15 is 0 Å². The van der Waals surface area contributed by atoms with E-state index in [-0.39, 0.29) is 18.5 Å². The molecular formula is C10H9N5O3. The van der Waals surface area contributed by atoms with Crippen LogP contribution < -0.4 is 14.8 Å². The van der Waals surface area contributed by atoms with Gasteiger partial charge in [0.2, 0.25) is 6.79 Å². The molecule has 1 aromatic heterocycles. The van der Waals surface area contributed by atoms with Crippen molar-refractivity contribution in [2.24, 2.45) is 0 Å². The number of benzene rings is 1. The predicted molar refractivity (Wildman–Crippen MR) is 57.9 cm³/mol. The quantitative estimate of drug-likeness (QED) is 0.782. The lowest BCUT2D eigenvalue weighted by molar-refractivity contribution is 0.0940. The van der Waals surface area contributed by atoms with E-state index in [1.165, 1.54) is 0 Å². The third-order valence-electron chi connectivity index (χ3n) is 2.44. The molecule has 18 heavy (non-hydrogen) atoms. The summed E-state index contributed by atoms with van der Waals surface area (Å²) in [5.41, 5.74) is 0.899. The predicted octanol–water partition coefficient (Wildman–Crippen LogP) is -0.142. The van der Waals surface area contributed by atoms with Crippen LogP contribution in [0, 0.1) is 0 Å². The van der Waals surface area contributed by atoms with Gasteiger partial charge in [0.15, 0.2) is 11.5 Å². The summed E-state index contributed by atoms with van der Waals surface area (Å²) in [5.74, 6) is 1.02.